The average molecular weight is 700 g/mol. The first kappa shape index (κ1) is 32.4. The molecule has 55 heavy (non-hydrogen) atoms. The third kappa shape index (κ3) is 6.12. The van der Waals surface area contributed by atoms with Gasteiger partial charge in [-0.25, -0.2) is 0 Å². The first-order valence-corrected chi connectivity index (χ1v) is 18.9. The summed E-state index contributed by atoms with van der Waals surface area (Å²) in [6.07, 6.45) is 0. The third-order valence-corrected chi connectivity index (χ3v) is 10.8. The molecule has 0 aliphatic rings. The number of hydrogen-bond acceptors (Lipinski definition) is 1. The molecule has 0 saturated heterocycles. The summed E-state index contributed by atoms with van der Waals surface area (Å²) < 4.78 is 0. The van der Waals surface area contributed by atoms with Gasteiger partial charge in [0.25, 0.3) is 0 Å². The van der Waals surface area contributed by atoms with Gasteiger partial charge in [-0.15, -0.1) is 0 Å². The van der Waals surface area contributed by atoms with E-state index < -0.39 is 0 Å². The Kier molecular flexibility index (Phi) is 8.24. The standard InChI is InChI=1S/C54H37N/c1-3-13-38(14-4-1)43-20-11-21-48(36-43)55(47-31-27-39(28-32-47)44-29-33-52-45(35-44)26-25-42-18-8-10-23-50(42)52)54-37-46(30-34-53(54)41-15-5-2-6-16-41)51-24-12-19-40-17-7-9-22-49(40)51/h1-37H. The van der Waals surface area contributed by atoms with Crippen molar-refractivity contribution in [3.05, 3.63) is 224 Å². The highest BCUT2D eigenvalue weighted by Crippen LogP contribution is 2.45. The van der Waals surface area contributed by atoms with Crippen LogP contribution in [0.4, 0.5) is 17.1 Å². The van der Waals surface area contributed by atoms with Crippen LogP contribution in [0.1, 0.15) is 0 Å². The zero-order chi connectivity index (χ0) is 36.6. The molecule has 1 nitrogen and oxygen atoms in total. The monoisotopic (exact) mass is 699 g/mol. The molecular weight excluding hydrogens is 663 g/mol. The molecule has 10 aromatic rings. The third-order valence-electron chi connectivity index (χ3n) is 10.8. The van der Waals surface area contributed by atoms with Crippen molar-refractivity contribution in [1.29, 1.82) is 0 Å². The molecule has 10 aromatic carbocycles. The smallest absolute Gasteiger partial charge is 0.0546 e. The molecule has 0 spiro atoms. The lowest BCUT2D eigenvalue weighted by Crippen LogP contribution is -2.11. The maximum atomic E-state index is 2.43. The van der Waals surface area contributed by atoms with E-state index >= 15 is 0 Å². The van der Waals surface area contributed by atoms with E-state index in [-0.39, 0.29) is 0 Å². The number of hydrogen-bond donors (Lipinski definition) is 0. The van der Waals surface area contributed by atoms with Crippen LogP contribution in [0.3, 0.4) is 0 Å². The van der Waals surface area contributed by atoms with Gasteiger partial charge >= 0.3 is 0 Å². The summed E-state index contributed by atoms with van der Waals surface area (Å²) >= 11 is 0. The summed E-state index contributed by atoms with van der Waals surface area (Å²) in [4.78, 5) is 2.43. The molecule has 0 heterocycles. The van der Waals surface area contributed by atoms with Crippen molar-refractivity contribution in [2.24, 2.45) is 0 Å². The van der Waals surface area contributed by atoms with Gasteiger partial charge in [0.2, 0.25) is 0 Å². The molecule has 0 N–H and O–H groups in total. The first-order chi connectivity index (χ1) is 27.3. The van der Waals surface area contributed by atoms with Crippen molar-refractivity contribution in [3.8, 4) is 44.5 Å². The van der Waals surface area contributed by atoms with E-state index in [9.17, 15) is 0 Å². The first-order valence-electron chi connectivity index (χ1n) is 18.9. The normalized spacial score (nSPS) is 11.3. The molecule has 258 valence electrons. The quantitative estimate of drug-likeness (QED) is 0.150. The Bertz CT molecular complexity index is 2960. The van der Waals surface area contributed by atoms with Crippen LogP contribution in [0.5, 0.6) is 0 Å². The lowest BCUT2D eigenvalue weighted by Gasteiger charge is -2.29. The fraction of sp³-hybridized carbons (Fsp3) is 0. The van der Waals surface area contributed by atoms with Gasteiger partial charge in [-0.3, -0.25) is 0 Å². The van der Waals surface area contributed by atoms with Crippen molar-refractivity contribution in [3.63, 3.8) is 0 Å². The molecule has 0 radical (unpaired) electrons. The Balaban J connectivity index is 1.15. The van der Waals surface area contributed by atoms with E-state index in [1.54, 1.807) is 0 Å². The number of rotatable bonds is 7. The van der Waals surface area contributed by atoms with Crippen LogP contribution >= 0.6 is 0 Å². The molecule has 0 saturated carbocycles. The van der Waals surface area contributed by atoms with E-state index in [1.165, 1.54) is 76.8 Å². The lowest BCUT2D eigenvalue weighted by molar-refractivity contribution is 1.28. The van der Waals surface area contributed by atoms with Gasteiger partial charge in [0.1, 0.15) is 0 Å². The van der Waals surface area contributed by atoms with Crippen molar-refractivity contribution in [1.82, 2.24) is 0 Å². The average Bonchev–Trinajstić information content (AvgIpc) is 3.27. The summed E-state index contributed by atoms with van der Waals surface area (Å²) in [6.45, 7) is 0. The van der Waals surface area contributed by atoms with Crippen molar-refractivity contribution < 1.29 is 0 Å². The maximum absolute atomic E-state index is 2.43. The number of nitrogens with zero attached hydrogens (tertiary/aromatic N) is 1. The molecule has 0 aromatic heterocycles. The van der Waals surface area contributed by atoms with Gasteiger partial charge in [-0.05, 0) is 108 Å². The molecular formula is C54H37N. The van der Waals surface area contributed by atoms with Gasteiger partial charge < -0.3 is 4.90 Å². The number of benzene rings is 10. The predicted molar refractivity (Wildman–Crippen MR) is 235 cm³/mol. The maximum Gasteiger partial charge on any atom is 0.0546 e. The van der Waals surface area contributed by atoms with Crippen LogP contribution in [0.2, 0.25) is 0 Å². The van der Waals surface area contributed by atoms with Gasteiger partial charge in [-0.1, -0.05) is 188 Å². The zero-order valence-corrected chi connectivity index (χ0v) is 30.3. The minimum Gasteiger partial charge on any atom is -0.310 e. The fourth-order valence-corrected chi connectivity index (χ4v) is 8.10. The zero-order valence-electron chi connectivity index (χ0n) is 30.3. The number of anilines is 3. The van der Waals surface area contributed by atoms with Crippen LogP contribution < -0.4 is 4.90 Å². The molecule has 0 aliphatic carbocycles. The second-order valence-corrected chi connectivity index (χ2v) is 14.1. The van der Waals surface area contributed by atoms with E-state index in [2.05, 4.69) is 229 Å². The molecule has 10 rings (SSSR count). The molecule has 0 fully saturated rings. The van der Waals surface area contributed by atoms with Crippen molar-refractivity contribution in [2.45, 2.75) is 0 Å². The highest BCUT2D eigenvalue weighted by Gasteiger charge is 2.20. The summed E-state index contributed by atoms with van der Waals surface area (Å²) in [5.41, 5.74) is 12.8. The minimum atomic E-state index is 1.09. The van der Waals surface area contributed by atoms with Gasteiger partial charge in [0.05, 0.1) is 5.69 Å². The highest BCUT2D eigenvalue weighted by molar-refractivity contribution is 6.08. The topological polar surface area (TPSA) is 3.24 Å². The second-order valence-electron chi connectivity index (χ2n) is 14.1. The lowest BCUT2D eigenvalue weighted by atomic mass is 9.93. The van der Waals surface area contributed by atoms with Crippen LogP contribution in [-0.4, -0.2) is 0 Å². The van der Waals surface area contributed by atoms with Gasteiger partial charge in [0.15, 0.2) is 0 Å². The Morgan fingerprint density at radius 1 is 0.236 bits per heavy atom. The summed E-state index contributed by atoms with van der Waals surface area (Å²) in [5, 5.41) is 7.56. The van der Waals surface area contributed by atoms with Crippen molar-refractivity contribution >= 4 is 49.4 Å². The fourth-order valence-electron chi connectivity index (χ4n) is 8.10. The Morgan fingerprint density at radius 3 is 1.58 bits per heavy atom. The van der Waals surface area contributed by atoms with E-state index in [0.29, 0.717) is 0 Å². The summed E-state index contributed by atoms with van der Waals surface area (Å²) in [7, 11) is 0. The largest absolute Gasteiger partial charge is 0.310 e. The molecule has 0 atom stereocenters. The second kappa shape index (κ2) is 14.0. The van der Waals surface area contributed by atoms with Gasteiger partial charge in [-0.2, -0.15) is 0 Å². The molecule has 0 unspecified atom stereocenters. The van der Waals surface area contributed by atoms with Crippen LogP contribution in [0, 0.1) is 0 Å². The van der Waals surface area contributed by atoms with Crippen LogP contribution in [0.15, 0.2) is 224 Å². The predicted octanol–water partition coefficient (Wildman–Crippen LogP) is 15.3. The highest BCUT2D eigenvalue weighted by atomic mass is 15.1. The van der Waals surface area contributed by atoms with Crippen LogP contribution in [-0.2, 0) is 0 Å². The summed E-state index contributed by atoms with van der Waals surface area (Å²) in [5.74, 6) is 0. The summed E-state index contributed by atoms with van der Waals surface area (Å²) in [6, 6.07) is 81.5. The molecule has 0 amide bonds. The molecule has 1 heteroatoms. The van der Waals surface area contributed by atoms with E-state index in [0.717, 1.165) is 17.1 Å². The van der Waals surface area contributed by atoms with Gasteiger partial charge in [0, 0.05) is 16.9 Å². The number of fused-ring (bicyclic) bond motifs is 4. The van der Waals surface area contributed by atoms with E-state index in [4.69, 9.17) is 0 Å². The molecule has 0 bridgehead atoms. The van der Waals surface area contributed by atoms with E-state index in [1.807, 2.05) is 0 Å². The van der Waals surface area contributed by atoms with Crippen molar-refractivity contribution in [2.75, 3.05) is 4.90 Å². The van der Waals surface area contributed by atoms with Crippen LogP contribution in [0.25, 0.3) is 76.8 Å². The Labute approximate surface area is 322 Å². The molecule has 0 aliphatic heterocycles. The minimum absolute atomic E-state index is 1.09. The Hall–Kier alpha value is -7.22. The Morgan fingerprint density at radius 2 is 0.782 bits per heavy atom. The SMILES string of the molecule is c1ccc(-c2cccc(N(c3ccc(-c4ccc5c(ccc6ccccc65)c4)cc3)c3cc(-c4cccc5ccccc45)ccc3-c3ccccc3)c2)cc1.